The summed E-state index contributed by atoms with van der Waals surface area (Å²) in [6.45, 7) is 4.70. The predicted octanol–water partition coefficient (Wildman–Crippen LogP) is 3.05. The van der Waals surface area contributed by atoms with Gasteiger partial charge in [0.25, 0.3) is 5.91 Å². The van der Waals surface area contributed by atoms with E-state index in [2.05, 4.69) is 26.8 Å². The average Bonchev–Trinajstić information content (AvgIpc) is 3.01. The van der Waals surface area contributed by atoms with E-state index in [0.29, 0.717) is 33.5 Å². The van der Waals surface area contributed by atoms with E-state index < -0.39 is 17.7 Å². The van der Waals surface area contributed by atoms with E-state index in [9.17, 15) is 19.1 Å². The fourth-order valence-electron chi connectivity index (χ4n) is 2.44. The molecule has 0 saturated heterocycles. The van der Waals surface area contributed by atoms with Crippen LogP contribution in [0.5, 0.6) is 0 Å². The number of halogens is 1. The fourth-order valence-corrected chi connectivity index (χ4v) is 2.44. The summed E-state index contributed by atoms with van der Waals surface area (Å²) in [6, 6.07) is 5.04. The third-order valence-corrected chi connectivity index (χ3v) is 3.71. The molecular weight excluding hydrogens is 327 g/mol. The Morgan fingerprint density at radius 3 is 2.76 bits per heavy atom. The highest BCUT2D eigenvalue weighted by molar-refractivity contribution is 6.08. The number of carboxylic acid groups (broad SMARTS) is 1. The lowest BCUT2D eigenvalue weighted by molar-refractivity contribution is -0.114. The summed E-state index contributed by atoms with van der Waals surface area (Å²) in [4.78, 5) is 33.9. The summed E-state index contributed by atoms with van der Waals surface area (Å²) < 4.78 is 12.9. The Bertz CT molecular complexity index is 1030. The maximum Gasteiger partial charge on any atom is 0.338 e. The van der Waals surface area contributed by atoms with Gasteiger partial charge in [0.05, 0.1) is 16.6 Å². The van der Waals surface area contributed by atoms with Crippen LogP contribution in [0.25, 0.3) is 22.3 Å². The molecule has 3 N–H and O–H groups in total. The number of aromatic carboxylic acids is 1. The molecule has 8 heteroatoms. The van der Waals surface area contributed by atoms with Gasteiger partial charge < -0.3 is 15.4 Å². The Hall–Kier alpha value is -3.55. The molecule has 3 rings (SSSR count). The molecule has 2 heterocycles. The van der Waals surface area contributed by atoms with Crippen LogP contribution in [0.3, 0.4) is 0 Å². The monoisotopic (exact) mass is 340 g/mol. The molecule has 0 unspecified atom stereocenters. The molecular formula is C17H13FN4O3. The molecule has 7 nitrogen and oxygen atoms in total. The highest BCUT2D eigenvalue weighted by Crippen LogP contribution is 2.31. The number of fused-ring (bicyclic) bond motifs is 1. The molecule has 0 aliphatic heterocycles. The Morgan fingerprint density at radius 2 is 2.08 bits per heavy atom. The lowest BCUT2D eigenvalue weighted by Crippen LogP contribution is -2.12. The number of hydrogen-bond donors (Lipinski definition) is 3. The number of nitrogens with one attached hydrogen (secondary N) is 2. The van der Waals surface area contributed by atoms with Crippen LogP contribution < -0.4 is 5.32 Å². The van der Waals surface area contributed by atoms with Gasteiger partial charge in [-0.1, -0.05) is 18.7 Å². The van der Waals surface area contributed by atoms with Crippen LogP contribution in [0.4, 0.5) is 10.1 Å². The van der Waals surface area contributed by atoms with Crippen molar-refractivity contribution in [3.05, 3.63) is 54.3 Å². The van der Waals surface area contributed by atoms with Crippen molar-refractivity contribution in [3.8, 4) is 11.3 Å². The minimum Gasteiger partial charge on any atom is -0.478 e. The van der Waals surface area contributed by atoms with Gasteiger partial charge in [0.15, 0.2) is 5.83 Å². The zero-order valence-corrected chi connectivity index (χ0v) is 13.1. The van der Waals surface area contributed by atoms with Gasteiger partial charge in [-0.3, -0.25) is 4.79 Å². The van der Waals surface area contributed by atoms with Gasteiger partial charge in [-0.05, 0) is 18.6 Å². The second-order valence-electron chi connectivity index (χ2n) is 5.34. The van der Waals surface area contributed by atoms with Crippen LogP contribution in [0.15, 0.2) is 43.1 Å². The summed E-state index contributed by atoms with van der Waals surface area (Å²) in [7, 11) is 0. The number of aromatic nitrogens is 3. The molecule has 3 aromatic rings. The number of carboxylic acids is 1. The number of benzene rings is 1. The number of aryl methyl sites for hydroxylation is 1. The normalized spacial score (nSPS) is 10.6. The zero-order chi connectivity index (χ0) is 18.1. The van der Waals surface area contributed by atoms with Crippen molar-refractivity contribution in [1.29, 1.82) is 0 Å². The number of rotatable bonds is 4. The van der Waals surface area contributed by atoms with Crippen molar-refractivity contribution in [2.24, 2.45) is 0 Å². The molecule has 0 atom stereocenters. The molecule has 2 aromatic heterocycles. The van der Waals surface area contributed by atoms with Crippen molar-refractivity contribution < 1.29 is 19.1 Å². The Kier molecular flexibility index (Phi) is 4.02. The molecule has 25 heavy (non-hydrogen) atoms. The highest BCUT2D eigenvalue weighted by atomic mass is 19.1. The molecule has 1 amide bonds. The lowest BCUT2D eigenvalue weighted by Gasteiger charge is -2.10. The first-order valence-corrected chi connectivity index (χ1v) is 7.20. The highest BCUT2D eigenvalue weighted by Gasteiger charge is 2.18. The number of amides is 1. The van der Waals surface area contributed by atoms with Gasteiger partial charge >= 0.3 is 5.97 Å². The van der Waals surface area contributed by atoms with Gasteiger partial charge in [0, 0.05) is 17.4 Å². The van der Waals surface area contributed by atoms with Crippen LogP contribution in [0.1, 0.15) is 15.9 Å². The number of carbonyl (C=O) groups is 2. The van der Waals surface area contributed by atoms with Crippen molar-refractivity contribution in [2.75, 3.05) is 5.32 Å². The Morgan fingerprint density at radius 1 is 1.32 bits per heavy atom. The van der Waals surface area contributed by atoms with E-state index >= 15 is 0 Å². The predicted molar refractivity (Wildman–Crippen MR) is 89.9 cm³/mol. The molecule has 0 aliphatic carbocycles. The summed E-state index contributed by atoms with van der Waals surface area (Å²) in [5, 5.41) is 12.1. The molecule has 0 aliphatic rings. The van der Waals surface area contributed by atoms with Crippen LogP contribution in [0, 0.1) is 6.92 Å². The minimum atomic E-state index is -1.11. The molecule has 0 radical (unpaired) electrons. The smallest absolute Gasteiger partial charge is 0.338 e. The first kappa shape index (κ1) is 16.3. The largest absolute Gasteiger partial charge is 0.478 e. The third kappa shape index (κ3) is 2.97. The van der Waals surface area contributed by atoms with Crippen molar-refractivity contribution in [2.45, 2.75) is 6.92 Å². The van der Waals surface area contributed by atoms with Gasteiger partial charge in [0.1, 0.15) is 12.0 Å². The Labute approximate surface area is 141 Å². The number of anilines is 1. The van der Waals surface area contributed by atoms with Crippen molar-refractivity contribution in [1.82, 2.24) is 15.0 Å². The van der Waals surface area contributed by atoms with Gasteiger partial charge in [0.2, 0.25) is 0 Å². The first-order chi connectivity index (χ1) is 11.9. The first-order valence-electron chi connectivity index (χ1n) is 7.20. The summed E-state index contributed by atoms with van der Waals surface area (Å²) in [6.07, 6.45) is 2.65. The number of H-pyrrole nitrogens is 1. The summed E-state index contributed by atoms with van der Waals surface area (Å²) in [5.41, 5.74) is 2.44. The Balaban J connectivity index is 2.16. The molecule has 0 fully saturated rings. The van der Waals surface area contributed by atoms with Crippen LogP contribution >= 0.6 is 0 Å². The van der Waals surface area contributed by atoms with E-state index in [0.717, 1.165) is 0 Å². The van der Waals surface area contributed by atoms with Crippen molar-refractivity contribution >= 4 is 28.6 Å². The maximum absolute atomic E-state index is 12.9. The molecule has 0 bridgehead atoms. The van der Waals surface area contributed by atoms with E-state index in [1.165, 1.54) is 12.5 Å². The third-order valence-electron chi connectivity index (χ3n) is 3.71. The summed E-state index contributed by atoms with van der Waals surface area (Å²) in [5.74, 6) is -3.16. The van der Waals surface area contributed by atoms with Crippen LogP contribution in [-0.2, 0) is 4.79 Å². The number of hydrogen-bond acceptors (Lipinski definition) is 4. The quantitative estimate of drug-likeness (QED) is 0.633. The number of nitrogens with zero attached hydrogens (tertiary/aromatic N) is 2. The van der Waals surface area contributed by atoms with Crippen LogP contribution in [-0.4, -0.2) is 31.9 Å². The van der Waals surface area contributed by atoms with E-state index in [1.807, 2.05) is 0 Å². The SMILES string of the molecule is C=C(F)C(=O)Nc1cc(-c2ncnc3[nH]cc(C(=O)O)c23)ccc1C. The molecule has 0 saturated carbocycles. The second-order valence-corrected chi connectivity index (χ2v) is 5.34. The van der Waals surface area contributed by atoms with Crippen molar-refractivity contribution in [3.63, 3.8) is 0 Å². The van der Waals surface area contributed by atoms with E-state index in [-0.39, 0.29) is 5.56 Å². The van der Waals surface area contributed by atoms with Crippen LogP contribution in [0.2, 0.25) is 0 Å². The molecule has 0 spiro atoms. The van der Waals surface area contributed by atoms with Gasteiger partial charge in [-0.15, -0.1) is 0 Å². The maximum atomic E-state index is 12.9. The minimum absolute atomic E-state index is 0.0360. The van der Waals surface area contributed by atoms with E-state index in [1.54, 1.807) is 25.1 Å². The fraction of sp³-hybridized carbons (Fsp3) is 0.0588. The number of aromatic amines is 1. The average molecular weight is 340 g/mol. The molecule has 126 valence electrons. The van der Waals surface area contributed by atoms with Gasteiger partial charge in [-0.25, -0.2) is 19.2 Å². The lowest BCUT2D eigenvalue weighted by atomic mass is 10.0. The second kappa shape index (κ2) is 6.16. The number of carbonyl (C=O) groups excluding carboxylic acids is 1. The zero-order valence-electron chi connectivity index (χ0n) is 13.1. The standard InChI is InChI=1S/C17H13FN4O3/c1-8-3-4-10(5-12(8)22-16(23)9(2)18)14-13-11(17(24)25)6-19-15(13)21-7-20-14/h3-7H,2H2,1H3,(H,22,23)(H,24,25)(H,19,20,21). The topological polar surface area (TPSA) is 108 Å². The van der Waals surface area contributed by atoms with E-state index in [4.69, 9.17) is 0 Å². The summed E-state index contributed by atoms with van der Waals surface area (Å²) >= 11 is 0. The molecule has 1 aromatic carbocycles. The van der Waals surface area contributed by atoms with Gasteiger partial charge in [-0.2, -0.15) is 0 Å².